The van der Waals surface area contributed by atoms with Gasteiger partial charge >= 0.3 is 0 Å². The lowest BCUT2D eigenvalue weighted by molar-refractivity contribution is 0.601. The molecular formula is C16H16N4O2S2. The van der Waals surface area contributed by atoms with Gasteiger partial charge in [0.15, 0.2) is 0 Å². The van der Waals surface area contributed by atoms with Crippen molar-refractivity contribution in [1.29, 1.82) is 0 Å². The maximum atomic E-state index is 12.4. The second kappa shape index (κ2) is 6.66. The third kappa shape index (κ3) is 3.60. The average Bonchev–Trinajstić information content (AvgIpc) is 3.03. The van der Waals surface area contributed by atoms with E-state index in [4.69, 9.17) is 0 Å². The molecule has 0 fully saturated rings. The van der Waals surface area contributed by atoms with E-state index in [-0.39, 0.29) is 10.0 Å². The maximum Gasteiger partial charge on any atom is 0.263 e. The van der Waals surface area contributed by atoms with Gasteiger partial charge in [0, 0.05) is 18.0 Å². The number of benzene rings is 1. The van der Waals surface area contributed by atoms with Crippen LogP contribution < -0.4 is 4.72 Å². The van der Waals surface area contributed by atoms with Gasteiger partial charge in [0.2, 0.25) is 5.13 Å². The van der Waals surface area contributed by atoms with Crippen LogP contribution in [0.5, 0.6) is 0 Å². The van der Waals surface area contributed by atoms with Crippen LogP contribution >= 0.6 is 11.3 Å². The molecule has 1 aromatic carbocycles. The first-order chi connectivity index (χ1) is 11.5. The van der Waals surface area contributed by atoms with Gasteiger partial charge in [-0.05, 0) is 35.7 Å². The van der Waals surface area contributed by atoms with Crippen LogP contribution in [0.2, 0.25) is 0 Å². The van der Waals surface area contributed by atoms with E-state index in [9.17, 15) is 8.42 Å². The van der Waals surface area contributed by atoms with Crippen LogP contribution in [0.1, 0.15) is 25.3 Å². The molecule has 3 rings (SSSR count). The Hall–Kier alpha value is -2.32. The fraction of sp³-hybridized carbons (Fsp3) is 0.188. The number of aromatic nitrogens is 3. The first-order valence-electron chi connectivity index (χ1n) is 7.32. The number of nitrogens with zero attached hydrogens (tertiary/aromatic N) is 3. The molecule has 24 heavy (non-hydrogen) atoms. The van der Waals surface area contributed by atoms with Crippen molar-refractivity contribution in [2.45, 2.75) is 24.7 Å². The smallest absolute Gasteiger partial charge is 0.263 e. The molecule has 0 saturated carbocycles. The lowest BCUT2D eigenvalue weighted by Crippen LogP contribution is -2.12. The SMILES string of the molecule is CC(C)c1ccc(S(=O)(=O)Nc2nnc(-c3ccncc3)s2)cc1. The Balaban J connectivity index is 1.81. The summed E-state index contributed by atoms with van der Waals surface area (Å²) < 4.78 is 27.4. The second-order valence-electron chi connectivity index (χ2n) is 5.48. The van der Waals surface area contributed by atoms with E-state index in [1.807, 2.05) is 12.1 Å². The van der Waals surface area contributed by atoms with Crippen molar-refractivity contribution >= 4 is 26.5 Å². The highest BCUT2D eigenvalue weighted by Gasteiger charge is 2.17. The minimum absolute atomic E-state index is 0.201. The first kappa shape index (κ1) is 16.5. The highest BCUT2D eigenvalue weighted by Crippen LogP contribution is 2.27. The summed E-state index contributed by atoms with van der Waals surface area (Å²) in [6, 6.07) is 10.4. The molecule has 0 amide bonds. The van der Waals surface area contributed by atoms with Gasteiger partial charge in [-0.3, -0.25) is 9.71 Å². The number of nitrogens with one attached hydrogen (secondary N) is 1. The quantitative estimate of drug-likeness (QED) is 0.752. The zero-order valence-electron chi connectivity index (χ0n) is 13.2. The minimum Gasteiger partial charge on any atom is -0.265 e. The molecule has 0 aliphatic carbocycles. The molecule has 0 radical (unpaired) electrons. The Kier molecular flexibility index (Phi) is 4.59. The van der Waals surface area contributed by atoms with E-state index in [0.717, 1.165) is 11.1 Å². The highest BCUT2D eigenvalue weighted by atomic mass is 32.2. The predicted octanol–water partition coefficient (Wildman–Crippen LogP) is 3.52. The van der Waals surface area contributed by atoms with Crippen LogP contribution in [-0.4, -0.2) is 23.6 Å². The van der Waals surface area contributed by atoms with E-state index in [1.165, 1.54) is 11.3 Å². The van der Waals surface area contributed by atoms with Gasteiger partial charge in [-0.1, -0.05) is 37.3 Å². The summed E-state index contributed by atoms with van der Waals surface area (Å²) in [5.74, 6) is 0.348. The summed E-state index contributed by atoms with van der Waals surface area (Å²) in [4.78, 5) is 4.14. The summed E-state index contributed by atoms with van der Waals surface area (Å²) in [6.07, 6.45) is 3.30. The van der Waals surface area contributed by atoms with Crippen LogP contribution in [0.3, 0.4) is 0 Å². The molecule has 0 atom stereocenters. The zero-order chi connectivity index (χ0) is 17.2. The third-order valence-corrected chi connectivity index (χ3v) is 5.80. The van der Waals surface area contributed by atoms with Crippen molar-refractivity contribution in [3.8, 4) is 10.6 Å². The molecule has 0 aliphatic heterocycles. The molecule has 8 heteroatoms. The molecule has 124 valence electrons. The number of hydrogen-bond donors (Lipinski definition) is 1. The largest absolute Gasteiger partial charge is 0.265 e. The summed E-state index contributed by atoms with van der Waals surface area (Å²) in [6.45, 7) is 4.12. The molecule has 0 spiro atoms. The molecule has 0 bridgehead atoms. The topological polar surface area (TPSA) is 84.8 Å². The monoisotopic (exact) mass is 360 g/mol. The van der Waals surface area contributed by atoms with E-state index in [2.05, 4.69) is 33.8 Å². The van der Waals surface area contributed by atoms with Crippen molar-refractivity contribution in [3.63, 3.8) is 0 Å². The Bertz CT molecular complexity index is 920. The number of sulfonamides is 1. The molecule has 2 heterocycles. The lowest BCUT2D eigenvalue weighted by Gasteiger charge is -2.08. The number of anilines is 1. The van der Waals surface area contributed by atoms with Gasteiger partial charge < -0.3 is 0 Å². The van der Waals surface area contributed by atoms with Crippen molar-refractivity contribution in [3.05, 3.63) is 54.4 Å². The maximum absolute atomic E-state index is 12.4. The predicted molar refractivity (Wildman–Crippen MR) is 94.5 cm³/mol. The Labute approximate surface area is 144 Å². The molecule has 0 aliphatic rings. The van der Waals surface area contributed by atoms with Crippen LogP contribution in [0.25, 0.3) is 10.6 Å². The van der Waals surface area contributed by atoms with Crippen LogP contribution in [0, 0.1) is 0 Å². The van der Waals surface area contributed by atoms with Crippen LogP contribution in [-0.2, 0) is 10.0 Å². The van der Waals surface area contributed by atoms with E-state index in [1.54, 1.807) is 36.7 Å². The van der Waals surface area contributed by atoms with E-state index in [0.29, 0.717) is 10.9 Å². The number of pyridine rings is 1. The fourth-order valence-corrected chi connectivity index (χ4v) is 4.06. The van der Waals surface area contributed by atoms with Crippen molar-refractivity contribution in [1.82, 2.24) is 15.2 Å². The first-order valence-corrected chi connectivity index (χ1v) is 9.62. The van der Waals surface area contributed by atoms with Gasteiger partial charge in [-0.25, -0.2) is 8.42 Å². The zero-order valence-corrected chi connectivity index (χ0v) is 14.8. The van der Waals surface area contributed by atoms with Gasteiger partial charge in [0.25, 0.3) is 10.0 Å². The molecule has 2 aromatic heterocycles. The molecule has 0 unspecified atom stereocenters. The van der Waals surface area contributed by atoms with Gasteiger partial charge in [0.05, 0.1) is 4.90 Å². The van der Waals surface area contributed by atoms with Gasteiger partial charge in [-0.15, -0.1) is 10.2 Å². The summed E-state index contributed by atoms with van der Waals surface area (Å²) >= 11 is 1.18. The molecule has 0 saturated heterocycles. The normalized spacial score (nSPS) is 11.6. The molecule has 6 nitrogen and oxygen atoms in total. The van der Waals surface area contributed by atoms with Crippen molar-refractivity contribution < 1.29 is 8.42 Å². The second-order valence-corrected chi connectivity index (χ2v) is 8.14. The molecule has 3 aromatic rings. The average molecular weight is 360 g/mol. The minimum atomic E-state index is -3.68. The van der Waals surface area contributed by atoms with Crippen LogP contribution in [0.15, 0.2) is 53.7 Å². The Morgan fingerprint density at radius 1 is 1.00 bits per heavy atom. The molecule has 1 N–H and O–H groups in total. The van der Waals surface area contributed by atoms with Gasteiger partial charge in [-0.2, -0.15) is 0 Å². The fourth-order valence-electron chi connectivity index (χ4n) is 2.08. The summed E-state index contributed by atoms with van der Waals surface area (Å²) in [5, 5.41) is 8.78. The number of rotatable bonds is 5. The Morgan fingerprint density at radius 2 is 1.67 bits per heavy atom. The number of hydrogen-bond acceptors (Lipinski definition) is 6. The van der Waals surface area contributed by atoms with Gasteiger partial charge in [0.1, 0.15) is 5.01 Å². The lowest BCUT2D eigenvalue weighted by atomic mass is 10.0. The van der Waals surface area contributed by atoms with E-state index >= 15 is 0 Å². The summed E-state index contributed by atoms with van der Waals surface area (Å²) in [5.41, 5.74) is 1.93. The Morgan fingerprint density at radius 3 is 2.29 bits per heavy atom. The van der Waals surface area contributed by atoms with Crippen LogP contribution in [0.4, 0.5) is 5.13 Å². The highest BCUT2D eigenvalue weighted by molar-refractivity contribution is 7.93. The molecular weight excluding hydrogens is 344 g/mol. The van der Waals surface area contributed by atoms with Crippen molar-refractivity contribution in [2.24, 2.45) is 0 Å². The van der Waals surface area contributed by atoms with E-state index < -0.39 is 10.0 Å². The standard InChI is InChI=1S/C16H16N4O2S2/c1-11(2)12-3-5-14(6-4-12)24(21,22)20-16-19-18-15(23-16)13-7-9-17-10-8-13/h3-11H,1-2H3,(H,19,20). The third-order valence-electron chi connectivity index (χ3n) is 3.43. The van der Waals surface area contributed by atoms with Crippen molar-refractivity contribution in [2.75, 3.05) is 4.72 Å². The summed E-state index contributed by atoms with van der Waals surface area (Å²) in [7, 11) is -3.68.